The van der Waals surface area contributed by atoms with Crippen LogP contribution in [0.3, 0.4) is 0 Å². The number of nitrogens with one attached hydrogen (secondary N) is 1. The molecule has 5 nitrogen and oxygen atoms in total. The predicted octanol–water partition coefficient (Wildman–Crippen LogP) is 1.36. The molecule has 5 N–H and O–H groups in total. The van der Waals surface area contributed by atoms with Crippen molar-refractivity contribution in [3.8, 4) is 0 Å². The van der Waals surface area contributed by atoms with Crippen LogP contribution in [0, 0.1) is 5.92 Å². The quantitative estimate of drug-likeness (QED) is 0.714. The van der Waals surface area contributed by atoms with E-state index >= 15 is 0 Å². The molecule has 0 spiro atoms. The lowest BCUT2D eigenvalue weighted by Gasteiger charge is -2.27. The summed E-state index contributed by atoms with van der Waals surface area (Å²) in [6.07, 6.45) is 4.39. The number of nitrogens with two attached hydrogens (primary N) is 2. The number of aryl methyl sites for hydroxylation is 1. The number of hydrogen-bond donors (Lipinski definition) is 3. The Hall–Kier alpha value is -2.04. The molecule has 1 fully saturated rings. The topological polar surface area (TPSA) is 98.2 Å². The van der Waals surface area contributed by atoms with Crippen molar-refractivity contribution in [2.24, 2.45) is 11.7 Å². The second-order valence-electron chi connectivity index (χ2n) is 5.73. The minimum Gasteiger partial charge on any atom is -0.399 e. The van der Waals surface area contributed by atoms with Crippen molar-refractivity contribution in [3.63, 3.8) is 0 Å². The molecule has 2 unspecified atom stereocenters. The summed E-state index contributed by atoms with van der Waals surface area (Å²) in [6.45, 7) is 0. The maximum absolute atomic E-state index is 12.0. The van der Waals surface area contributed by atoms with E-state index in [1.54, 1.807) is 0 Å². The van der Waals surface area contributed by atoms with Gasteiger partial charge in [-0.3, -0.25) is 9.59 Å². The van der Waals surface area contributed by atoms with Gasteiger partial charge in [-0.2, -0.15) is 0 Å². The van der Waals surface area contributed by atoms with Crippen LogP contribution in [0.4, 0.5) is 5.69 Å². The van der Waals surface area contributed by atoms with Crippen LogP contribution in [0.5, 0.6) is 0 Å². The molecule has 0 bridgehead atoms. The van der Waals surface area contributed by atoms with Gasteiger partial charge in [0.1, 0.15) is 0 Å². The van der Waals surface area contributed by atoms with Crippen molar-refractivity contribution in [3.05, 3.63) is 29.8 Å². The molecular formula is C16H23N3O2. The lowest BCUT2D eigenvalue weighted by molar-refractivity contribution is -0.125. The van der Waals surface area contributed by atoms with E-state index in [0.29, 0.717) is 19.3 Å². The smallest absolute Gasteiger partial charge is 0.220 e. The van der Waals surface area contributed by atoms with Crippen molar-refractivity contribution < 1.29 is 9.59 Å². The molecule has 1 aliphatic carbocycles. The van der Waals surface area contributed by atoms with Crippen LogP contribution in [0.15, 0.2) is 24.3 Å². The predicted molar refractivity (Wildman–Crippen MR) is 82.3 cm³/mol. The van der Waals surface area contributed by atoms with Crippen LogP contribution in [-0.2, 0) is 16.0 Å². The normalized spacial score (nSPS) is 21.7. The zero-order valence-corrected chi connectivity index (χ0v) is 12.2. The first-order valence-electron chi connectivity index (χ1n) is 7.48. The second kappa shape index (κ2) is 7.11. The number of primary amides is 1. The molecule has 0 radical (unpaired) electrons. The second-order valence-corrected chi connectivity index (χ2v) is 5.73. The van der Waals surface area contributed by atoms with Gasteiger partial charge in [0.05, 0.1) is 0 Å². The summed E-state index contributed by atoms with van der Waals surface area (Å²) in [5, 5.41) is 3.01. The Kier molecular flexibility index (Phi) is 5.20. The first-order chi connectivity index (χ1) is 10.1. The fourth-order valence-electron chi connectivity index (χ4n) is 2.89. The monoisotopic (exact) mass is 289 g/mol. The number of anilines is 1. The standard InChI is InChI=1S/C16H23N3O2/c17-14-7-2-1-4-11(14)8-9-15(20)19-13-6-3-5-12(10-13)16(18)21/h1-2,4,7,12-13H,3,5-6,8-10,17H2,(H2,18,21)(H,19,20). The molecular weight excluding hydrogens is 266 g/mol. The van der Waals surface area contributed by atoms with Crippen molar-refractivity contribution in [2.75, 3.05) is 5.73 Å². The van der Waals surface area contributed by atoms with Gasteiger partial charge in [-0.15, -0.1) is 0 Å². The number of benzene rings is 1. The Morgan fingerprint density at radius 3 is 2.71 bits per heavy atom. The molecule has 21 heavy (non-hydrogen) atoms. The molecule has 114 valence electrons. The Morgan fingerprint density at radius 1 is 1.24 bits per heavy atom. The third-order valence-corrected chi connectivity index (χ3v) is 4.12. The third-order valence-electron chi connectivity index (χ3n) is 4.12. The van der Waals surface area contributed by atoms with Gasteiger partial charge < -0.3 is 16.8 Å². The lowest BCUT2D eigenvalue weighted by atomic mass is 9.85. The van der Waals surface area contributed by atoms with Gasteiger partial charge in [-0.25, -0.2) is 0 Å². The molecule has 0 aromatic heterocycles. The van der Waals surface area contributed by atoms with E-state index in [9.17, 15) is 9.59 Å². The third kappa shape index (κ3) is 4.48. The number of amides is 2. The number of carbonyl (C=O) groups is 2. The summed E-state index contributed by atoms with van der Waals surface area (Å²) in [4.78, 5) is 23.2. The van der Waals surface area contributed by atoms with Gasteiger partial charge in [-0.1, -0.05) is 24.6 Å². The molecule has 2 rings (SSSR count). The number of hydrogen-bond acceptors (Lipinski definition) is 3. The largest absolute Gasteiger partial charge is 0.399 e. The minimum absolute atomic E-state index is 0.00775. The van der Waals surface area contributed by atoms with Gasteiger partial charge in [0.15, 0.2) is 0 Å². The summed E-state index contributed by atoms with van der Waals surface area (Å²) in [5.41, 5.74) is 12.9. The van der Waals surface area contributed by atoms with Crippen molar-refractivity contribution >= 4 is 17.5 Å². The van der Waals surface area contributed by atoms with E-state index in [4.69, 9.17) is 11.5 Å². The summed E-state index contributed by atoms with van der Waals surface area (Å²) >= 11 is 0. The lowest BCUT2D eigenvalue weighted by Crippen LogP contribution is -2.41. The average molecular weight is 289 g/mol. The number of rotatable bonds is 5. The molecule has 2 atom stereocenters. The van der Waals surface area contributed by atoms with Crippen LogP contribution < -0.4 is 16.8 Å². The van der Waals surface area contributed by atoms with Crippen molar-refractivity contribution in [2.45, 2.75) is 44.6 Å². The zero-order valence-electron chi connectivity index (χ0n) is 12.2. The van der Waals surface area contributed by atoms with Crippen LogP contribution >= 0.6 is 0 Å². The van der Waals surface area contributed by atoms with E-state index < -0.39 is 0 Å². The molecule has 1 aliphatic rings. The minimum atomic E-state index is -0.258. The SMILES string of the molecule is NC(=O)C1CCCC(NC(=O)CCc2ccccc2N)C1. The summed E-state index contributed by atoms with van der Waals surface area (Å²) in [7, 11) is 0. The van der Waals surface area contributed by atoms with E-state index in [1.807, 2.05) is 24.3 Å². The number of carbonyl (C=O) groups excluding carboxylic acids is 2. The molecule has 1 aromatic carbocycles. The Labute approximate surface area is 125 Å². The molecule has 2 amide bonds. The van der Waals surface area contributed by atoms with Gasteiger partial charge >= 0.3 is 0 Å². The highest BCUT2D eigenvalue weighted by atomic mass is 16.2. The fraction of sp³-hybridized carbons (Fsp3) is 0.500. The van der Waals surface area contributed by atoms with Gasteiger partial charge in [0, 0.05) is 24.1 Å². The highest BCUT2D eigenvalue weighted by molar-refractivity contribution is 5.78. The molecule has 0 aliphatic heterocycles. The van der Waals surface area contributed by atoms with Crippen molar-refractivity contribution in [1.29, 1.82) is 0 Å². The Morgan fingerprint density at radius 2 is 2.00 bits per heavy atom. The summed E-state index contributed by atoms with van der Waals surface area (Å²) < 4.78 is 0. The van der Waals surface area contributed by atoms with Gasteiger partial charge in [-0.05, 0) is 37.3 Å². The average Bonchev–Trinajstić information content (AvgIpc) is 2.46. The molecule has 0 saturated heterocycles. The maximum atomic E-state index is 12.0. The number of para-hydroxylation sites is 1. The van der Waals surface area contributed by atoms with Crippen LogP contribution in [0.25, 0.3) is 0 Å². The first-order valence-corrected chi connectivity index (χ1v) is 7.48. The van der Waals surface area contributed by atoms with Crippen molar-refractivity contribution in [1.82, 2.24) is 5.32 Å². The molecule has 0 heterocycles. The highest BCUT2D eigenvalue weighted by Gasteiger charge is 2.26. The zero-order chi connectivity index (χ0) is 15.2. The summed E-state index contributed by atoms with van der Waals surface area (Å²) in [5.74, 6) is -0.354. The van der Waals surface area contributed by atoms with E-state index in [2.05, 4.69) is 5.32 Å². The van der Waals surface area contributed by atoms with Gasteiger partial charge in [0.2, 0.25) is 11.8 Å². The Balaban J connectivity index is 1.79. The maximum Gasteiger partial charge on any atom is 0.220 e. The Bertz CT molecular complexity index is 516. The fourth-order valence-corrected chi connectivity index (χ4v) is 2.89. The number of nitrogen functional groups attached to an aromatic ring is 1. The van der Waals surface area contributed by atoms with Crippen LogP contribution in [-0.4, -0.2) is 17.9 Å². The van der Waals surface area contributed by atoms with Gasteiger partial charge in [0.25, 0.3) is 0 Å². The van der Waals surface area contributed by atoms with E-state index in [0.717, 1.165) is 30.5 Å². The highest BCUT2D eigenvalue weighted by Crippen LogP contribution is 2.24. The van der Waals surface area contributed by atoms with Crippen LogP contribution in [0.1, 0.15) is 37.7 Å². The van der Waals surface area contributed by atoms with E-state index in [1.165, 1.54) is 0 Å². The van der Waals surface area contributed by atoms with Crippen LogP contribution in [0.2, 0.25) is 0 Å². The van der Waals surface area contributed by atoms with E-state index in [-0.39, 0.29) is 23.8 Å². The molecule has 1 aromatic rings. The summed E-state index contributed by atoms with van der Waals surface area (Å²) in [6, 6.07) is 7.64. The first kappa shape index (κ1) is 15.4. The molecule has 1 saturated carbocycles. The molecule has 5 heteroatoms.